The first kappa shape index (κ1) is 21.5. The molecule has 0 atom stereocenters. The van der Waals surface area contributed by atoms with Gasteiger partial charge in [-0.3, -0.25) is 14.3 Å². The summed E-state index contributed by atoms with van der Waals surface area (Å²) < 4.78 is 4.79. The molecule has 0 radical (unpaired) electrons. The van der Waals surface area contributed by atoms with Crippen LogP contribution in [0, 0.1) is 0 Å². The Balaban J connectivity index is 1.53. The van der Waals surface area contributed by atoms with Gasteiger partial charge in [-0.1, -0.05) is 56.3 Å². The number of tetrazole rings is 1. The molecule has 0 spiro atoms. The van der Waals surface area contributed by atoms with Crippen molar-refractivity contribution in [1.29, 1.82) is 0 Å². The van der Waals surface area contributed by atoms with Gasteiger partial charge in [0.05, 0.1) is 5.69 Å². The molecule has 2 aromatic carbocycles. The standard InChI is InChI=1S/C24H24N8O2/c1-3-13-30-23(33)21-22(27-24(30)34)26-20(4-2)31(21)14-16-9-11-17(12-10-16)18-7-5-6-8-19(18)32-15-25-28-29-32/h5-12,15H,3-4,13-14H2,1-2H3,(H,27,34). The molecule has 0 unspecified atom stereocenters. The first-order valence-electron chi connectivity index (χ1n) is 11.2. The van der Waals surface area contributed by atoms with Crippen LogP contribution < -0.4 is 11.2 Å². The highest BCUT2D eigenvalue weighted by atomic mass is 16.2. The number of nitrogens with one attached hydrogen (secondary N) is 1. The van der Waals surface area contributed by atoms with Crippen molar-refractivity contribution < 1.29 is 0 Å². The zero-order valence-electron chi connectivity index (χ0n) is 19.0. The summed E-state index contributed by atoms with van der Waals surface area (Å²) in [6.07, 6.45) is 2.90. The summed E-state index contributed by atoms with van der Waals surface area (Å²) in [5, 5.41) is 11.5. The zero-order chi connectivity index (χ0) is 23.7. The lowest BCUT2D eigenvalue weighted by molar-refractivity contribution is 0.618. The van der Waals surface area contributed by atoms with Gasteiger partial charge in [-0.2, -0.15) is 4.68 Å². The Kier molecular flexibility index (Phi) is 5.62. The maximum Gasteiger partial charge on any atom is 0.330 e. The van der Waals surface area contributed by atoms with Gasteiger partial charge in [0.2, 0.25) is 0 Å². The predicted octanol–water partition coefficient (Wildman–Crippen LogP) is 2.55. The Bertz CT molecular complexity index is 1560. The highest BCUT2D eigenvalue weighted by Crippen LogP contribution is 2.26. The van der Waals surface area contributed by atoms with Gasteiger partial charge >= 0.3 is 5.69 Å². The molecule has 10 nitrogen and oxygen atoms in total. The molecule has 34 heavy (non-hydrogen) atoms. The van der Waals surface area contributed by atoms with Gasteiger partial charge in [-0.05, 0) is 34.0 Å². The van der Waals surface area contributed by atoms with Crippen LogP contribution in [-0.2, 0) is 19.5 Å². The lowest BCUT2D eigenvalue weighted by atomic mass is 10.0. The molecule has 0 aliphatic rings. The fraction of sp³-hybridized carbons (Fsp3) is 0.250. The number of aromatic amines is 1. The van der Waals surface area contributed by atoms with Gasteiger partial charge in [0.15, 0.2) is 11.2 Å². The summed E-state index contributed by atoms with van der Waals surface area (Å²) in [7, 11) is 0. The minimum atomic E-state index is -0.419. The lowest BCUT2D eigenvalue weighted by Crippen LogP contribution is -2.35. The Morgan fingerprint density at radius 2 is 1.76 bits per heavy atom. The molecular formula is C24H24N8O2. The van der Waals surface area contributed by atoms with Gasteiger partial charge in [-0.25, -0.2) is 9.78 Å². The van der Waals surface area contributed by atoms with Crippen molar-refractivity contribution in [3.8, 4) is 16.8 Å². The smallest absolute Gasteiger partial charge is 0.318 e. The van der Waals surface area contributed by atoms with Gasteiger partial charge in [-0.15, -0.1) is 5.10 Å². The minimum absolute atomic E-state index is 0.306. The monoisotopic (exact) mass is 456 g/mol. The molecule has 0 aliphatic carbocycles. The van der Waals surface area contributed by atoms with Crippen LogP contribution in [0.4, 0.5) is 0 Å². The van der Waals surface area contributed by atoms with Crippen molar-refractivity contribution in [2.75, 3.05) is 0 Å². The van der Waals surface area contributed by atoms with E-state index in [0.29, 0.717) is 37.1 Å². The number of H-pyrrole nitrogens is 1. The van der Waals surface area contributed by atoms with E-state index in [1.54, 1.807) is 11.0 Å². The van der Waals surface area contributed by atoms with E-state index < -0.39 is 5.69 Å². The number of imidazole rings is 1. The average molecular weight is 457 g/mol. The minimum Gasteiger partial charge on any atom is -0.318 e. The molecule has 0 fully saturated rings. The quantitative estimate of drug-likeness (QED) is 0.402. The van der Waals surface area contributed by atoms with Gasteiger partial charge in [0.1, 0.15) is 12.2 Å². The molecular weight excluding hydrogens is 432 g/mol. The van der Waals surface area contributed by atoms with E-state index in [1.807, 2.05) is 66.9 Å². The number of aryl methyl sites for hydroxylation is 1. The number of nitrogens with zero attached hydrogens (tertiary/aromatic N) is 7. The van der Waals surface area contributed by atoms with E-state index in [2.05, 4.69) is 25.5 Å². The lowest BCUT2D eigenvalue weighted by Gasteiger charge is -2.11. The van der Waals surface area contributed by atoms with Crippen LogP contribution in [0.2, 0.25) is 0 Å². The molecule has 5 rings (SSSR count). The van der Waals surface area contributed by atoms with Crippen LogP contribution in [0.15, 0.2) is 64.4 Å². The summed E-state index contributed by atoms with van der Waals surface area (Å²) in [5.74, 6) is 0.755. The van der Waals surface area contributed by atoms with Crippen LogP contribution in [0.1, 0.15) is 31.7 Å². The first-order chi connectivity index (χ1) is 16.6. The van der Waals surface area contributed by atoms with Crippen molar-refractivity contribution in [2.24, 2.45) is 0 Å². The summed E-state index contributed by atoms with van der Waals surface area (Å²) in [5.41, 5.74) is 3.97. The summed E-state index contributed by atoms with van der Waals surface area (Å²) in [6, 6.07) is 16.1. The number of rotatable bonds is 7. The topological polar surface area (TPSA) is 116 Å². The molecule has 0 amide bonds. The van der Waals surface area contributed by atoms with Crippen LogP contribution >= 0.6 is 0 Å². The van der Waals surface area contributed by atoms with Crippen molar-refractivity contribution >= 4 is 11.2 Å². The summed E-state index contributed by atoms with van der Waals surface area (Å²) in [6.45, 7) is 4.76. The van der Waals surface area contributed by atoms with Crippen LogP contribution in [0.3, 0.4) is 0 Å². The third-order valence-electron chi connectivity index (χ3n) is 5.83. The van der Waals surface area contributed by atoms with Crippen LogP contribution in [-0.4, -0.2) is 39.3 Å². The molecule has 0 saturated heterocycles. The molecule has 172 valence electrons. The van der Waals surface area contributed by atoms with E-state index in [0.717, 1.165) is 28.2 Å². The molecule has 3 heterocycles. The van der Waals surface area contributed by atoms with Crippen molar-refractivity contribution in [3.63, 3.8) is 0 Å². The molecule has 3 aromatic heterocycles. The fourth-order valence-corrected chi connectivity index (χ4v) is 4.22. The highest BCUT2D eigenvalue weighted by Gasteiger charge is 2.17. The van der Waals surface area contributed by atoms with Gasteiger partial charge in [0.25, 0.3) is 5.56 Å². The normalized spacial score (nSPS) is 11.4. The molecule has 10 heteroatoms. The van der Waals surface area contributed by atoms with Crippen molar-refractivity contribution in [3.05, 3.63) is 87.1 Å². The maximum atomic E-state index is 13.1. The Labute approximate surface area is 194 Å². The van der Waals surface area contributed by atoms with Gasteiger partial charge in [0, 0.05) is 25.1 Å². The zero-order valence-corrected chi connectivity index (χ0v) is 19.0. The average Bonchev–Trinajstić information content (AvgIpc) is 3.51. The first-order valence-corrected chi connectivity index (χ1v) is 11.2. The number of para-hydroxylation sites is 1. The van der Waals surface area contributed by atoms with E-state index in [1.165, 1.54) is 4.57 Å². The van der Waals surface area contributed by atoms with E-state index in [9.17, 15) is 9.59 Å². The predicted molar refractivity (Wildman–Crippen MR) is 128 cm³/mol. The SMILES string of the molecule is CCCn1c(=O)[nH]c2nc(CC)n(Cc3ccc(-c4ccccc4-n4cnnn4)cc3)c2c1=O. The van der Waals surface area contributed by atoms with E-state index in [4.69, 9.17) is 0 Å². The fourth-order valence-electron chi connectivity index (χ4n) is 4.22. The second-order valence-corrected chi connectivity index (χ2v) is 8.02. The Hall–Kier alpha value is -4.34. The van der Waals surface area contributed by atoms with E-state index >= 15 is 0 Å². The molecule has 0 saturated carbocycles. The number of fused-ring (bicyclic) bond motifs is 1. The molecule has 1 N–H and O–H groups in total. The second kappa shape index (κ2) is 8.89. The number of benzene rings is 2. The van der Waals surface area contributed by atoms with Crippen LogP contribution in [0.25, 0.3) is 28.0 Å². The Morgan fingerprint density at radius 3 is 2.47 bits per heavy atom. The van der Waals surface area contributed by atoms with E-state index in [-0.39, 0.29) is 5.56 Å². The third-order valence-corrected chi connectivity index (χ3v) is 5.83. The number of hydrogen-bond acceptors (Lipinski definition) is 6. The highest BCUT2D eigenvalue weighted by molar-refractivity contribution is 5.73. The molecule has 0 aliphatic heterocycles. The maximum absolute atomic E-state index is 13.1. The Morgan fingerprint density at radius 1 is 0.971 bits per heavy atom. The molecule has 0 bridgehead atoms. The van der Waals surface area contributed by atoms with Gasteiger partial charge < -0.3 is 4.57 Å². The summed E-state index contributed by atoms with van der Waals surface area (Å²) in [4.78, 5) is 32.8. The molecule has 5 aromatic rings. The van der Waals surface area contributed by atoms with Crippen molar-refractivity contribution in [2.45, 2.75) is 39.8 Å². The van der Waals surface area contributed by atoms with Crippen LogP contribution in [0.5, 0.6) is 0 Å². The third kappa shape index (κ3) is 3.72. The van der Waals surface area contributed by atoms with Crippen molar-refractivity contribution in [1.82, 2.24) is 39.3 Å². The number of aromatic nitrogens is 8. The largest absolute Gasteiger partial charge is 0.330 e. The number of hydrogen-bond donors (Lipinski definition) is 1. The second-order valence-electron chi connectivity index (χ2n) is 8.02. The summed E-state index contributed by atoms with van der Waals surface area (Å²) >= 11 is 0.